The fraction of sp³-hybridized carbons (Fsp3) is 0.294. The van der Waals surface area contributed by atoms with E-state index in [1.54, 1.807) is 30.7 Å². The molecule has 0 spiro atoms. The quantitative estimate of drug-likeness (QED) is 0.678. The first kappa shape index (κ1) is 17.0. The minimum Gasteiger partial charge on any atom is -0.442 e. The van der Waals surface area contributed by atoms with E-state index in [2.05, 4.69) is 19.9 Å². The third-order valence-electron chi connectivity index (χ3n) is 4.36. The molecule has 0 aliphatic carbocycles. The van der Waals surface area contributed by atoms with E-state index in [0.29, 0.717) is 31.1 Å². The van der Waals surface area contributed by atoms with Gasteiger partial charge >= 0.3 is 0 Å². The van der Waals surface area contributed by atoms with Crippen molar-refractivity contribution in [1.29, 1.82) is 0 Å². The zero-order valence-corrected chi connectivity index (χ0v) is 14.6. The van der Waals surface area contributed by atoms with Gasteiger partial charge in [-0.15, -0.1) is 0 Å². The zero-order chi connectivity index (χ0) is 18.0. The molecule has 1 aliphatic rings. The number of aromatic nitrogens is 3. The lowest BCUT2D eigenvalue weighted by atomic mass is 9.96. The molecule has 3 aromatic heterocycles. The molecule has 136 valence electrons. The van der Waals surface area contributed by atoms with Crippen LogP contribution in [0.25, 0.3) is 11.5 Å². The van der Waals surface area contributed by atoms with Gasteiger partial charge in [-0.3, -0.25) is 10.1 Å². The van der Waals surface area contributed by atoms with Crippen molar-refractivity contribution in [3.05, 3.63) is 54.5 Å². The molecule has 2 N–H and O–H groups in total. The van der Waals surface area contributed by atoms with E-state index in [1.807, 2.05) is 12.1 Å². The number of sulfonamides is 1. The number of rotatable bonds is 6. The topological polar surface area (TPSA) is 110 Å². The Morgan fingerprint density at radius 1 is 1.12 bits per heavy atom. The number of nitrogens with zero attached hydrogens (tertiary/aromatic N) is 2. The highest BCUT2D eigenvalue weighted by Gasteiger charge is 2.33. The number of hydrogen-bond acceptors (Lipinski definition) is 6. The van der Waals surface area contributed by atoms with Crippen LogP contribution in [0.15, 0.2) is 58.4 Å². The molecule has 3 aromatic rings. The lowest BCUT2D eigenvalue weighted by Crippen LogP contribution is -2.40. The summed E-state index contributed by atoms with van der Waals surface area (Å²) in [6.45, 7) is 0.843. The molecule has 0 aromatic carbocycles. The van der Waals surface area contributed by atoms with Gasteiger partial charge in [0.05, 0.1) is 19.3 Å². The number of aromatic amines is 1. The standard InChI is InChI=1S/C17H18N4O4S/c22-26(23,17-2-1-16(25-17)14-5-8-19-20-14)21-15-11-24-10-13(15)9-12-3-6-18-7-4-12/h1-8,13,15,21H,9-11H2,(H,19,20)/t13-,15+/m1/s1. The maximum atomic E-state index is 12.7. The van der Waals surface area contributed by atoms with Crippen LogP contribution in [-0.2, 0) is 21.2 Å². The molecule has 4 heterocycles. The van der Waals surface area contributed by atoms with Crippen LogP contribution in [0.3, 0.4) is 0 Å². The summed E-state index contributed by atoms with van der Waals surface area (Å²) < 4.78 is 39.0. The maximum absolute atomic E-state index is 12.7. The summed E-state index contributed by atoms with van der Waals surface area (Å²) >= 11 is 0. The molecule has 2 atom stereocenters. The number of H-pyrrole nitrogens is 1. The number of ether oxygens (including phenoxy) is 1. The van der Waals surface area contributed by atoms with Crippen molar-refractivity contribution in [2.24, 2.45) is 5.92 Å². The largest absolute Gasteiger partial charge is 0.442 e. The Balaban J connectivity index is 1.48. The van der Waals surface area contributed by atoms with Crippen molar-refractivity contribution in [1.82, 2.24) is 19.9 Å². The SMILES string of the molecule is O=S(=O)(N[C@H]1COC[C@H]1Cc1ccncc1)c1ccc(-c2ccn[nH]2)o1. The highest BCUT2D eigenvalue weighted by molar-refractivity contribution is 7.89. The fourth-order valence-electron chi connectivity index (χ4n) is 3.01. The van der Waals surface area contributed by atoms with Gasteiger partial charge in [0.2, 0.25) is 5.09 Å². The van der Waals surface area contributed by atoms with Gasteiger partial charge in [0, 0.05) is 24.5 Å². The Labute approximate surface area is 150 Å². The molecule has 8 nitrogen and oxygen atoms in total. The van der Waals surface area contributed by atoms with Crippen molar-refractivity contribution in [2.45, 2.75) is 17.6 Å². The molecule has 1 saturated heterocycles. The molecule has 1 aliphatic heterocycles. The second kappa shape index (κ2) is 7.02. The lowest BCUT2D eigenvalue weighted by molar-refractivity contribution is 0.183. The smallest absolute Gasteiger partial charge is 0.274 e. The molecule has 0 unspecified atom stereocenters. The van der Waals surface area contributed by atoms with Crippen molar-refractivity contribution < 1.29 is 17.6 Å². The van der Waals surface area contributed by atoms with Crippen molar-refractivity contribution in [3.8, 4) is 11.5 Å². The molecule has 0 saturated carbocycles. The summed E-state index contributed by atoms with van der Waals surface area (Å²) in [4.78, 5) is 4.00. The Morgan fingerprint density at radius 2 is 1.96 bits per heavy atom. The summed E-state index contributed by atoms with van der Waals surface area (Å²) in [7, 11) is -3.78. The van der Waals surface area contributed by atoms with Gasteiger partial charge in [-0.1, -0.05) is 0 Å². The Bertz CT molecular complexity index is 954. The second-order valence-corrected chi connectivity index (χ2v) is 7.82. The second-order valence-electron chi connectivity index (χ2n) is 6.17. The highest BCUT2D eigenvalue weighted by Crippen LogP contribution is 2.25. The summed E-state index contributed by atoms with van der Waals surface area (Å²) in [5.74, 6) is 0.466. The van der Waals surface area contributed by atoms with Crippen LogP contribution in [0, 0.1) is 5.92 Å². The summed E-state index contributed by atoms with van der Waals surface area (Å²) in [6.07, 6.45) is 5.74. The summed E-state index contributed by atoms with van der Waals surface area (Å²) in [5, 5.41) is 6.45. The van der Waals surface area contributed by atoms with E-state index in [0.717, 1.165) is 5.56 Å². The van der Waals surface area contributed by atoms with Crippen molar-refractivity contribution in [3.63, 3.8) is 0 Å². The average molecular weight is 374 g/mol. The van der Waals surface area contributed by atoms with Crippen LogP contribution < -0.4 is 4.72 Å². The minimum atomic E-state index is -3.78. The normalized spacial score (nSPS) is 20.5. The molecular weight excluding hydrogens is 356 g/mol. The first-order chi connectivity index (χ1) is 12.6. The van der Waals surface area contributed by atoms with Crippen LogP contribution in [0.4, 0.5) is 0 Å². The third-order valence-corrected chi connectivity index (χ3v) is 5.73. The summed E-state index contributed by atoms with van der Waals surface area (Å²) in [6, 6.07) is 8.28. The monoisotopic (exact) mass is 374 g/mol. The molecule has 4 rings (SSSR count). The van der Waals surface area contributed by atoms with E-state index >= 15 is 0 Å². The van der Waals surface area contributed by atoms with Crippen molar-refractivity contribution in [2.75, 3.05) is 13.2 Å². The predicted molar refractivity (Wildman–Crippen MR) is 92.6 cm³/mol. The van der Waals surface area contributed by atoms with Crippen molar-refractivity contribution >= 4 is 10.0 Å². The fourth-order valence-corrected chi connectivity index (χ4v) is 4.23. The molecule has 0 bridgehead atoms. The number of furan rings is 1. The van der Waals surface area contributed by atoms with Crippen LogP contribution in [-0.4, -0.2) is 42.9 Å². The third kappa shape index (κ3) is 3.55. The van der Waals surface area contributed by atoms with Gasteiger partial charge in [-0.25, -0.2) is 13.1 Å². The molecule has 26 heavy (non-hydrogen) atoms. The van der Waals surface area contributed by atoms with Gasteiger partial charge in [-0.05, 0) is 42.3 Å². The Hall–Kier alpha value is -2.49. The molecule has 1 fully saturated rings. The highest BCUT2D eigenvalue weighted by atomic mass is 32.2. The Kier molecular flexibility index (Phi) is 4.58. The van der Waals surface area contributed by atoms with Crippen LogP contribution in [0.1, 0.15) is 5.56 Å². The zero-order valence-electron chi connectivity index (χ0n) is 13.8. The van der Waals surface area contributed by atoms with E-state index in [1.165, 1.54) is 6.07 Å². The van der Waals surface area contributed by atoms with E-state index in [-0.39, 0.29) is 17.1 Å². The molecule has 0 radical (unpaired) electrons. The van der Waals surface area contributed by atoms with Crippen LogP contribution in [0.2, 0.25) is 0 Å². The number of pyridine rings is 1. The Morgan fingerprint density at radius 3 is 2.73 bits per heavy atom. The predicted octanol–water partition coefficient (Wildman–Crippen LogP) is 1.60. The van der Waals surface area contributed by atoms with Gasteiger partial charge in [0.15, 0.2) is 5.76 Å². The van der Waals surface area contributed by atoms with E-state index < -0.39 is 10.0 Å². The number of hydrogen-bond donors (Lipinski definition) is 2. The molecule has 9 heteroatoms. The van der Waals surface area contributed by atoms with Gasteiger partial charge in [0.25, 0.3) is 10.0 Å². The van der Waals surface area contributed by atoms with Gasteiger partial charge in [0.1, 0.15) is 5.69 Å². The molecular formula is C17H18N4O4S. The van der Waals surface area contributed by atoms with Gasteiger partial charge in [-0.2, -0.15) is 5.10 Å². The minimum absolute atomic E-state index is 0.0502. The van der Waals surface area contributed by atoms with E-state index in [4.69, 9.17) is 9.15 Å². The van der Waals surface area contributed by atoms with Crippen LogP contribution >= 0.6 is 0 Å². The molecule has 0 amide bonds. The van der Waals surface area contributed by atoms with Gasteiger partial charge < -0.3 is 9.15 Å². The van der Waals surface area contributed by atoms with E-state index in [9.17, 15) is 8.42 Å². The average Bonchev–Trinajstić information content (AvgIpc) is 3.37. The first-order valence-corrected chi connectivity index (χ1v) is 9.69. The number of nitrogens with one attached hydrogen (secondary N) is 2. The summed E-state index contributed by atoms with van der Waals surface area (Å²) in [5.41, 5.74) is 1.71. The maximum Gasteiger partial charge on any atom is 0.274 e. The lowest BCUT2D eigenvalue weighted by Gasteiger charge is -2.18. The van der Waals surface area contributed by atoms with Crippen LogP contribution in [0.5, 0.6) is 0 Å². The first-order valence-electron chi connectivity index (χ1n) is 8.20.